The molecule has 0 aliphatic rings. The molecule has 3 aromatic rings. The van der Waals surface area contributed by atoms with Crippen molar-refractivity contribution in [2.45, 2.75) is 51.1 Å². The molecule has 0 radical (unpaired) electrons. The van der Waals surface area contributed by atoms with Gasteiger partial charge in [0.25, 0.3) is 10.0 Å². The Hall–Kier alpha value is -3.85. The van der Waals surface area contributed by atoms with E-state index in [-0.39, 0.29) is 17.3 Å². The summed E-state index contributed by atoms with van der Waals surface area (Å²) in [6, 6.07) is 21.4. The Morgan fingerprint density at radius 3 is 2.36 bits per heavy atom. The molecule has 3 rings (SSSR count). The van der Waals surface area contributed by atoms with Gasteiger partial charge in [0.15, 0.2) is 0 Å². The van der Waals surface area contributed by atoms with Crippen molar-refractivity contribution in [2.75, 3.05) is 24.5 Å². The lowest BCUT2D eigenvalue weighted by Gasteiger charge is -2.32. The van der Waals surface area contributed by atoms with Gasteiger partial charge >= 0.3 is 0 Å². The van der Waals surface area contributed by atoms with Crippen molar-refractivity contribution in [1.29, 1.82) is 0 Å². The molecular weight excluding hydrogens is 514 g/mol. The largest absolute Gasteiger partial charge is 0.497 e. The van der Waals surface area contributed by atoms with Crippen LogP contribution in [0.4, 0.5) is 5.69 Å². The Kier molecular flexibility index (Phi) is 10.5. The maximum Gasteiger partial charge on any atom is 0.264 e. The zero-order valence-electron chi connectivity index (χ0n) is 23.0. The Labute approximate surface area is 231 Å². The topological polar surface area (TPSA) is 96.0 Å². The molecule has 0 saturated heterocycles. The summed E-state index contributed by atoms with van der Waals surface area (Å²) < 4.78 is 34.0. The molecular formula is C30H37N3O5S. The minimum Gasteiger partial charge on any atom is -0.497 e. The first-order valence-corrected chi connectivity index (χ1v) is 14.5. The number of carbonyl (C=O) groups is 2. The van der Waals surface area contributed by atoms with E-state index in [2.05, 4.69) is 5.32 Å². The van der Waals surface area contributed by atoms with E-state index in [1.54, 1.807) is 62.6 Å². The second-order valence-corrected chi connectivity index (χ2v) is 11.2. The van der Waals surface area contributed by atoms with Gasteiger partial charge in [-0.3, -0.25) is 13.9 Å². The van der Waals surface area contributed by atoms with E-state index in [1.165, 1.54) is 17.0 Å². The molecule has 1 unspecified atom stereocenters. The number of benzene rings is 3. The number of hydrogen-bond acceptors (Lipinski definition) is 5. The van der Waals surface area contributed by atoms with Crippen LogP contribution in [-0.4, -0.2) is 51.4 Å². The number of hydrogen-bond donors (Lipinski definition) is 1. The molecule has 2 amide bonds. The molecule has 208 valence electrons. The monoisotopic (exact) mass is 551 g/mol. The number of sulfonamides is 1. The highest BCUT2D eigenvalue weighted by molar-refractivity contribution is 7.92. The number of unbranched alkanes of at least 4 members (excludes halogenated alkanes) is 1. The summed E-state index contributed by atoms with van der Waals surface area (Å²) in [6.07, 6.45) is 1.74. The fraction of sp³-hybridized carbons (Fsp3) is 0.333. The number of amides is 2. The number of ether oxygens (including phenoxy) is 1. The van der Waals surface area contributed by atoms with E-state index in [0.29, 0.717) is 18.0 Å². The van der Waals surface area contributed by atoms with Crippen molar-refractivity contribution < 1.29 is 22.7 Å². The van der Waals surface area contributed by atoms with E-state index in [0.717, 1.165) is 28.3 Å². The quantitative estimate of drug-likeness (QED) is 0.315. The van der Waals surface area contributed by atoms with E-state index in [4.69, 9.17) is 4.74 Å². The summed E-state index contributed by atoms with van der Waals surface area (Å²) in [5.74, 6) is -0.183. The minimum absolute atomic E-state index is 0.0732. The molecule has 8 nitrogen and oxygen atoms in total. The van der Waals surface area contributed by atoms with Crippen LogP contribution in [0.25, 0.3) is 0 Å². The fourth-order valence-electron chi connectivity index (χ4n) is 4.12. The minimum atomic E-state index is -4.08. The molecule has 0 fully saturated rings. The summed E-state index contributed by atoms with van der Waals surface area (Å²) in [5, 5.41) is 2.89. The van der Waals surface area contributed by atoms with Crippen LogP contribution in [0, 0.1) is 6.92 Å². The third-order valence-electron chi connectivity index (χ3n) is 6.38. The van der Waals surface area contributed by atoms with Gasteiger partial charge in [-0.25, -0.2) is 8.42 Å². The van der Waals surface area contributed by atoms with Gasteiger partial charge < -0.3 is 15.0 Å². The lowest BCUT2D eigenvalue weighted by molar-refractivity contribution is -0.139. The smallest absolute Gasteiger partial charge is 0.264 e. The van der Waals surface area contributed by atoms with Crippen molar-refractivity contribution in [3.8, 4) is 5.75 Å². The molecule has 1 atom stereocenters. The van der Waals surface area contributed by atoms with Crippen molar-refractivity contribution in [2.24, 2.45) is 0 Å². The summed E-state index contributed by atoms with van der Waals surface area (Å²) in [6.45, 7) is 5.67. The van der Waals surface area contributed by atoms with Gasteiger partial charge in [-0.15, -0.1) is 0 Å². The van der Waals surface area contributed by atoms with Crippen LogP contribution < -0.4 is 14.4 Å². The zero-order chi connectivity index (χ0) is 28.4. The van der Waals surface area contributed by atoms with Gasteiger partial charge in [0.05, 0.1) is 17.7 Å². The Bertz CT molecular complexity index is 1360. The molecule has 0 aliphatic carbocycles. The van der Waals surface area contributed by atoms with Crippen LogP contribution in [0.2, 0.25) is 0 Å². The highest BCUT2D eigenvalue weighted by atomic mass is 32.2. The molecule has 0 aromatic heterocycles. The average molecular weight is 552 g/mol. The number of carbonyl (C=O) groups excluding carboxylic acids is 2. The average Bonchev–Trinajstić information content (AvgIpc) is 2.94. The second kappa shape index (κ2) is 13.8. The third-order valence-corrected chi connectivity index (χ3v) is 8.17. The normalized spacial score (nSPS) is 11.9. The van der Waals surface area contributed by atoms with Gasteiger partial charge in [0.1, 0.15) is 18.3 Å². The van der Waals surface area contributed by atoms with Crippen LogP contribution in [0.15, 0.2) is 83.8 Å². The van der Waals surface area contributed by atoms with Gasteiger partial charge in [-0.05, 0) is 67.8 Å². The predicted octanol–water partition coefficient (Wildman–Crippen LogP) is 4.53. The van der Waals surface area contributed by atoms with Gasteiger partial charge in [0.2, 0.25) is 11.8 Å². The van der Waals surface area contributed by atoms with E-state index in [9.17, 15) is 18.0 Å². The first-order valence-electron chi connectivity index (χ1n) is 13.0. The highest BCUT2D eigenvalue weighted by Crippen LogP contribution is 2.25. The maximum atomic E-state index is 13.9. The van der Waals surface area contributed by atoms with Crippen LogP contribution in [0.3, 0.4) is 0 Å². The summed E-state index contributed by atoms with van der Waals surface area (Å²) in [5.41, 5.74) is 1.97. The van der Waals surface area contributed by atoms with Crippen molar-refractivity contribution in [3.05, 3.63) is 90.0 Å². The van der Waals surface area contributed by atoms with E-state index < -0.39 is 28.5 Å². The third kappa shape index (κ3) is 7.83. The number of rotatable bonds is 13. The fourth-order valence-corrected chi connectivity index (χ4v) is 5.54. The predicted molar refractivity (Wildman–Crippen MR) is 153 cm³/mol. The number of aryl methyl sites for hydroxylation is 1. The maximum absolute atomic E-state index is 13.9. The number of anilines is 1. The molecule has 3 aromatic carbocycles. The summed E-state index contributed by atoms with van der Waals surface area (Å²) >= 11 is 0. The molecule has 0 aliphatic heterocycles. The molecule has 0 bridgehead atoms. The highest BCUT2D eigenvalue weighted by Gasteiger charge is 2.32. The summed E-state index contributed by atoms with van der Waals surface area (Å²) in [7, 11) is -2.53. The lowest BCUT2D eigenvalue weighted by Crippen LogP contribution is -2.51. The lowest BCUT2D eigenvalue weighted by atomic mass is 10.1. The number of nitrogens with zero attached hydrogens (tertiary/aromatic N) is 2. The van der Waals surface area contributed by atoms with Crippen LogP contribution in [0.5, 0.6) is 5.75 Å². The van der Waals surface area contributed by atoms with Crippen molar-refractivity contribution in [3.63, 3.8) is 0 Å². The molecule has 1 N–H and O–H groups in total. The molecule has 0 saturated carbocycles. The standard InChI is InChI=1S/C30H37N3O5S/c1-5-6-18-31-30(35)24(3)32(21-25-13-11-15-27(20-25)38-4)29(34)22-33(26-14-10-12-23(2)19-26)39(36,37)28-16-8-7-9-17-28/h7-17,19-20,24H,5-6,18,21-22H2,1-4H3,(H,31,35). The first-order chi connectivity index (χ1) is 18.7. The van der Waals surface area contributed by atoms with Crippen molar-refractivity contribution in [1.82, 2.24) is 10.2 Å². The molecule has 0 heterocycles. The Morgan fingerprint density at radius 1 is 0.974 bits per heavy atom. The SMILES string of the molecule is CCCCNC(=O)C(C)N(Cc1cccc(OC)c1)C(=O)CN(c1cccc(C)c1)S(=O)(=O)c1ccccc1. The summed E-state index contributed by atoms with van der Waals surface area (Å²) in [4.78, 5) is 28.5. The van der Waals surface area contributed by atoms with Crippen LogP contribution in [-0.2, 0) is 26.2 Å². The van der Waals surface area contributed by atoms with Crippen LogP contribution in [0.1, 0.15) is 37.8 Å². The number of methoxy groups -OCH3 is 1. The van der Waals surface area contributed by atoms with Gasteiger partial charge in [-0.2, -0.15) is 0 Å². The van der Waals surface area contributed by atoms with Gasteiger partial charge in [0, 0.05) is 13.1 Å². The Balaban J connectivity index is 2.00. The van der Waals surface area contributed by atoms with Gasteiger partial charge in [-0.1, -0.05) is 55.8 Å². The molecule has 9 heteroatoms. The van der Waals surface area contributed by atoms with Crippen LogP contribution >= 0.6 is 0 Å². The number of nitrogens with one attached hydrogen (secondary N) is 1. The van der Waals surface area contributed by atoms with E-state index >= 15 is 0 Å². The molecule has 0 spiro atoms. The molecule has 39 heavy (non-hydrogen) atoms. The zero-order valence-corrected chi connectivity index (χ0v) is 23.8. The second-order valence-electron chi connectivity index (χ2n) is 9.36. The van der Waals surface area contributed by atoms with Crippen molar-refractivity contribution >= 4 is 27.5 Å². The first kappa shape index (κ1) is 29.7. The Morgan fingerprint density at radius 2 is 1.69 bits per heavy atom. The van der Waals surface area contributed by atoms with E-state index in [1.807, 2.05) is 32.0 Å².